The highest BCUT2D eigenvalue weighted by Gasteiger charge is 2.13. The number of carbonyl (C=O) groups is 1. The van der Waals surface area contributed by atoms with Gasteiger partial charge in [-0.15, -0.1) is 0 Å². The van der Waals surface area contributed by atoms with Crippen LogP contribution in [0, 0.1) is 13.8 Å². The van der Waals surface area contributed by atoms with E-state index in [1.54, 1.807) is 18.2 Å². The Morgan fingerprint density at radius 2 is 1.83 bits per heavy atom. The molecule has 116 valence electrons. The van der Waals surface area contributed by atoms with Crippen LogP contribution in [0.5, 0.6) is 0 Å². The maximum atomic E-state index is 12.3. The molecule has 5 heteroatoms. The van der Waals surface area contributed by atoms with E-state index in [9.17, 15) is 9.59 Å². The van der Waals surface area contributed by atoms with E-state index in [1.807, 2.05) is 26.0 Å². The first-order chi connectivity index (χ1) is 10.9. The third kappa shape index (κ3) is 3.12. The number of anilines is 1. The van der Waals surface area contributed by atoms with Crippen molar-refractivity contribution in [3.05, 3.63) is 74.6 Å². The van der Waals surface area contributed by atoms with Gasteiger partial charge >= 0.3 is 0 Å². The molecule has 0 bridgehead atoms. The van der Waals surface area contributed by atoms with Crippen LogP contribution in [0.4, 0.5) is 5.69 Å². The maximum absolute atomic E-state index is 12.3. The molecule has 0 radical (unpaired) electrons. The largest absolute Gasteiger partial charge is 0.451 e. The maximum Gasteiger partial charge on any atom is 0.291 e. The molecule has 3 aromatic rings. The number of rotatable bonds is 2. The molecule has 1 aromatic heterocycles. The molecular formula is C18H14ClNO3. The second kappa shape index (κ2) is 5.89. The summed E-state index contributed by atoms with van der Waals surface area (Å²) < 4.78 is 5.51. The van der Waals surface area contributed by atoms with Crippen LogP contribution in [0.2, 0.25) is 5.02 Å². The lowest BCUT2D eigenvalue weighted by molar-refractivity contribution is 0.0997. The molecule has 0 atom stereocenters. The first kappa shape index (κ1) is 15.3. The van der Waals surface area contributed by atoms with E-state index >= 15 is 0 Å². The summed E-state index contributed by atoms with van der Waals surface area (Å²) in [5, 5.41) is 3.52. The van der Waals surface area contributed by atoms with Gasteiger partial charge in [0, 0.05) is 16.8 Å². The number of hydrogen-bond acceptors (Lipinski definition) is 3. The van der Waals surface area contributed by atoms with Crippen LogP contribution in [0.25, 0.3) is 11.0 Å². The lowest BCUT2D eigenvalue weighted by Crippen LogP contribution is -2.15. The van der Waals surface area contributed by atoms with Crippen LogP contribution < -0.4 is 10.7 Å². The van der Waals surface area contributed by atoms with Gasteiger partial charge in [0.2, 0.25) is 0 Å². The Hall–Kier alpha value is -2.59. The molecule has 2 aromatic carbocycles. The summed E-state index contributed by atoms with van der Waals surface area (Å²) in [6.07, 6.45) is 0. The van der Waals surface area contributed by atoms with Crippen molar-refractivity contribution in [2.75, 3.05) is 5.32 Å². The minimum absolute atomic E-state index is 0.0388. The first-order valence-electron chi connectivity index (χ1n) is 7.06. The molecule has 1 amide bonds. The molecule has 0 saturated carbocycles. The van der Waals surface area contributed by atoms with Gasteiger partial charge in [-0.05, 0) is 55.3 Å². The molecule has 0 aliphatic carbocycles. The third-order valence-corrected chi connectivity index (χ3v) is 3.91. The van der Waals surface area contributed by atoms with Crippen molar-refractivity contribution >= 4 is 34.2 Å². The highest BCUT2D eigenvalue weighted by molar-refractivity contribution is 6.31. The second-order valence-electron chi connectivity index (χ2n) is 5.37. The minimum Gasteiger partial charge on any atom is -0.451 e. The number of hydrogen-bond donors (Lipinski definition) is 1. The SMILES string of the molecule is Cc1ccc(NC(=O)c2cc(=O)c3cc(Cl)ccc3o2)cc1C. The van der Waals surface area contributed by atoms with Gasteiger partial charge in [-0.3, -0.25) is 9.59 Å². The van der Waals surface area contributed by atoms with E-state index in [0.717, 1.165) is 11.1 Å². The molecule has 23 heavy (non-hydrogen) atoms. The van der Waals surface area contributed by atoms with Gasteiger partial charge < -0.3 is 9.73 Å². The fourth-order valence-electron chi connectivity index (χ4n) is 2.25. The lowest BCUT2D eigenvalue weighted by Gasteiger charge is -2.07. The van der Waals surface area contributed by atoms with Crippen molar-refractivity contribution in [1.29, 1.82) is 0 Å². The first-order valence-corrected chi connectivity index (χ1v) is 7.44. The normalized spacial score (nSPS) is 10.7. The number of fused-ring (bicyclic) bond motifs is 1. The summed E-state index contributed by atoms with van der Waals surface area (Å²) in [5.41, 5.74) is 2.87. The van der Waals surface area contributed by atoms with Crippen LogP contribution in [0.1, 0.15) is 21.7 Å². The Labute approximate surface area is 137 Å². The molecule has 4 nitrogen and oxygen atoms in total. The van der Waals surface area contributed by atoms with Gasteiger partial charge in [0.25, 0.3) is 5.91 Å². The Bertz CT molecular complexity index is 976. The van der Waals surface area contributed by atoms with Crippen LogP contribution >= 0.6 is 11.6 Å². The monoisotopic (exact) mass is 327 g/mol. The molecule has 0 unspecified atom stereocenters. The zero-order valence-electron chi connectivity index (χ0n) is 12.6. The highest BCUT2D eigenvalue weighted by Crippen LogP contribution is 2.19. The zero-order valence-corrected chi connectivity index (χ0v) is 13.4. The van der Waals surface area contributed by atoms with Crippen molar-refractivity contribution in [1.82, 2.24) is 0 Å². The van der Waals surface area contributed by atoms with Gasteiger partial charge in [-0.2, -0.15) is 0 Å². The van der Waals surface area contributed by atoms with Crippen LogP contribution in [0.3, 0.4) is 0 Å². The van der Waals surface area contributed by atoms with Gasteiger partial charge in [-0.25, -0.2) is 0 Å². The standard InChI is InChI=1S/C18H14ClNO3/c1-10-3-5-13(7-11(10)2)20-18(22)17-9-15(21)14-8-12(19)4-6-16(14)23-17/h3-9H,1-2H3,(H,20,22). The summed E-state index contributed by atoms with van der Waals surface area (Å²) in [7, 11) is 0. The molecular weight excluding hydrogens is 314 g/mol. The van der Waals surface area contributed by atoms with E-state index in [0.29, 0.717) is 21.7 Å². The summed E-state index contributed by atoms with van der Waals surface area (Å²) >= 11 is 5.87. The van der Waals surface area contributed by atoms with Crippen molar-refractivity contribution in [3.8, 4) is 0 Å². The number of amides is 1. The van der Waals surface area contributed by atoms with E-state index in [4.69, 9.17) is 16.0 Å². The number of carbonyl (C=O) groups excluding carboxylic acids is 1. The topological polar surface area (TPSA) is 59.3 Å². The average molecular weight is 328 g/mol. The molecule has 0 saturated heterocycles. The summed E-state index contributed by atoms with van der Waals surface area (Å²) in [6, 6.07) is 11.5. The fraction of sp³-hybridized carbons (Fsp3) is 0.111. The van der Waals surface area contributed by atoms with E-state index in [2.05, 4.69) is 5.32 Å². The van der Waals surface area contributed by atoms with Gasteiger partial charge in [-0.1, -0.05) is 17.7 Å². The molecule has 0 fully saturated rings. The quantitative estimate of drug-likeness (QED) is 0.762. The van der Waals surface area contributed by atoms with Gasteiger partial charge in [0.1, 0.15) is 5.58 Å². The smallest absolute Gasteiger partial charge is 0.291 e. The van der Waals surface area contributed by atoms with Crippen molar-refractivity contribution in [2.24, 2.45) is 0 Å². The van der Waals surface area contributed by atoms with Crippen LogP contribution in [-0.2, 0) is 0 Å². The third-order valence-electron chi connectivity index (χ3n) is 3.68. The minimum atomic E-state index is -0.470. The average Bonchev–Trinajstić information content (AvgIpc) is 2.51. The van der Waals surface area contributed by atoms with Crippen molar-refractivity contribution < 1.29 is 9.21 Å². The number of halogens is 1. The predicted octanol–water partition coefficient (Wildman–Crippen LogP) is 4.32. The summed E-state index contributed by atoms with van der Waals surface area (Å²) in [4.78, 5) is 24.4. The predicted molar refractivity (Wildman–Crippen MR) is 91.4 cm³/mol. The Kier molecular flexibility index (Phi) is 3.92. The number of nitrogens with one attached hydrogen (secondary N) is 1. The number of benzene rings is 2. The van der Waals surface area contributed by atoms with E-state index < -0.39 is 5.91 Å². The van der Waals surface area contributed by atoms with Crippen molar-refractivity contribution in [2.45, 2.75) is 13.8 Å². The summed E-state index contributed by atoms with van der Waals surface area (Å²) in [5.74, 6) is -0.509. The van der Waals surface area contributed by atoms with Crippen molar-refractivity contribution in [3.63, 3.8) is 0 Å². The number of aryl methyl sites for hydroxylation is 2. The summed E-state index contributed by atoms with van der Waals surface area (Å²) in [6.45, 7) is 3.96. The zero-order chi connectivity index (χ0) is 16.6. The highest BCUT2D eigenvalue weighted by atomic mass is 35.5. The molecule has 1 heterocycles. The van der Waals surface area contributed by atoms with Crippen LogP contribution in [0.15, 0.2) is 51.7 Å². The van der Waals surface area contributed by atoms with E-state index in [-0.39, 0.29) is 11.2 Å². The van der Waals surface area contributed by atoms with E-state index in [1.165, 1.54) is 12.1 Å². The Morgan fingerprint density at radius 3 is 2.57 bits per heavy atom. The molecule has 0 spiro atoms. The van der Waals surface area contributed by atoms with Gasteiger partial charge in [0.05, 0.1) is 5.39 Å². The fourth-order valence-corrected chi connectivity index (χ4v) is 2.42. The Balaban J connectivity index is 1.96. The Morgan fingerprint density at radius 1 is 1.04 bits per heavy atom. The van der Waals surface area contributed by atoms with Gasteiger partial charge in [0.15, 0.2) is 11.2 Å². The lowest BCUT2D eigenvalue weighted by atomic mass is 10.1. The molecule has 3 rings (SSSR count). The molecule has 0 aliphatic heterocycles. The molecule has 0 aliphatic rings. The molecule has 1 N–H and O–H groups in total. The van der Waals surface area contributed by atoms with Crippen LogP contribution in [-0.4, -0.2) is 5.91 Å². The second-order valence-corrected chi connectivity index (χ2v) is 5.80.